The highest BCUT2D eigenvalue weighted by molar-refractivity contribution is 5.24. The van der Waals surface area contributed by atoms with Crippen LogP contribution in [0.3, 0.4) is 0 Å². The maximum Gasteiger partial charge on any atom is 0.0839 e. The molecule has 2 nitrogen and oxygen atoms in total. The Balaban J connectivity index is 2.62. The van der Waals surface area contributed by atoms with Crippen LogP contribution in [0.5, 0.6) is 0 Å². The first-order valence-electron chi connectivity index (χ1n) is 5.41. The average molecular weight is 202 g/mol. The molecule has 0 radical (unpaired) electrons. The summed E-state index contributed by atoms with van der Waals surface area (Å²) in [6.45, 7) is 4.01. The number of hydrogen-bond donors (Lipinski definition) is 0. The number of nitrogens with zero attached hydrogens (tertiary/aromatic N) is 2. The molecule has 0 bridgehead atoms. The van der Waals surface area contributed by atoms with Crippen LogP contribution < -0.4 is 0 Å². The molecule has 0 aliphatic rings. The van der Waals surface area contributed by atoms with Gasteiger partial charge in [0.25, 0.3) is 0 Å². The molecule has 0 aromatic heterocycles. The fourth-order valence-electron chi connectivity index (χ4n) is 1.69. The minimum Gasteiger partial charge on any atom is -0.305 e. The second kappa shape index (κ2) is 6.21. The Morgan fingerprint density at radius 1 is 1.33 bits per heavy atom. The molecule has 0 heterocycles. The summed E-state index contributed by atoms with van der Waals surface area (Å²) in [5.74, 6) is -0.0113. The summed E-state index contributed by atoms with van der Waals surface area (Å²) in [6, 6.07) is 12.4. The predicted octanol–water partition coefficient (Wildman–Crippen LogP) is 2.64. The van der Waals surface area contributed by atoms with Gasteiger partial charge in [0.2, 0.25) is 0 Å². The van der Waals surface area contributed by atoms with Gasteiger partial charge in [0.05, 0.1) is 12.0 Å². The van der Waals surface area contributed by atoms with Crippen molar-refractivity contribution in [2.75, 3.05) is 20.1 Å². The van der Waals surface area contributed by atoms with Crippen LogP contribution in [-0.2, 0) is 0 Å². The SMILES string of the molecule is CCCN(C)CC(C#N)c1ccccc1. The summed E-state index contributed by atoms with van der Waals surface area (Å²) < 4.78 is 0. The molecule has 0 N–H and O–H groups in total. The van der Waals surface area contributed by atoms with Crippen molar-refractivity contribution in [1.82, 2.24) is 4.90 Å². The highest BCUT2D eigenvalue weighted by atomic mass is 15.1. The zero-order valence-electron chi connectivity index (χ0n) is 9.48. The van der Waals surface area contributed by atoms with Gasteiger partial charge < -0.3 is 4.90 Å². The van der Waals surface area contributed by atoms with Gasteiger partial charge in [-0.3, -0.25) is 0 Å². The standard InChI is InChI=1S/C13H18N2/c1-3-9-15(2)11-13(10-14)12-7-5-4-6-8-12/h4-8,13H,3,9,11H2,1-2H3. The molecule has 0 amide bonds. The molecule has 1 aromatic rings. The molecule has 1 atom stereocenters. The molecule has 0 aliphatic carbocycles. The van der Waals surface area contributed by atoms with Crippen molar-refractivity contribution in [2.45, 2.75) is 19.3 Å². The first-order chi connectivity index (χ1) is 7.27. The van der Waals surface area contributed by atoms with Gasteiger partial charge in [-0.05, 0) is 25.6 Å². The van der Waals surface area contributed by atoms with E-state index < -0.39 is 0 Å². The number of rotatable bonds is 5. The Hall–Kier alpha value is -1.33. The highest BCUT2D eigenvalue weighted by Crippen LogP contribution is 2.15. The third-order valence-electron chi connectivity index (χ3n) is 2.46. The van der Waals surface area contributed by atoms with Crippen LogP contribution in [0.25, 0.3) is 0 Å². The summed E-state index contributed by atoms with van der Waals surface area (Å²) >= 11 is 0. The van der Waals surface area contributed by atoms with Gasteiger partial charge in [-0.15, -0.1) is 0 Å². The van der Waals surface area contributed by atoms with Crippen molar-refractivity contribution in [3.05, 3.63) is 35.9 Å². The van der Waals surface area contributed by atoms with Crippen LogP contribution in [0.1, 0.15) is 24.8 Å². The van der Waals surface area contributed by atoms with Crippen LogP contribution in [0.15, 0.2) is 30.3 Å². The van der Waals surface area contributed by atoms with Gasteiger partial charge in [-0.1, -0.05) is 37.3 Å². The zero-order valence-corrected chi connectivity index (χ0v) is 9.48. The van der Waals surface area contributed by atoms with Crippen molar-refractivity contribution >= 4 is 0 Å². The third-order valence-corrected chi connectivity index (χ3v) is 2.46. The fourth-order valence-corrected chi connectivity index (χ4v) is 1.69. The topological polar surface area (TPSA) is 27.0 Å². The van der Waals surface area contributed by atoms with Crippen LogP contribution in [0.4, 0.5) is 0 Å². The smallest absolute Gasteiger partial charge is 0.0839 e. The number of likely N-dealkylation sites (N-methyl/N-ethyl adjacent to an activating group) is 1. The Morgan fingerprint density at radius 3 is 2.53 bits per heavy atom. The van der Waals surface area contributed by atoms with Crippen molar-refractivity contribution in [3.63, 3.8) is 0 Å². The van der Waals surface area contributed by atoms with Crippen molar-refractivity contribution < 1.29 is 0 Å². The Kier molecular flexibility index (Phi) is 4.86. The number of benzene rings is 1. The summed E-state index contributed by atoms with van der Waals surface area (Å²) in [7, 11) is 2.07. The van der Waals surface area contributed by atoms with Gasteiger partial charge in [0.15, 0.2) is 0 Å². The molecule has 1 unspecified atom stereocenters. The maximum absolute atomic E-state index is 9.12. The van der Waals surface area contributed by atoms with E-state index in [4.69, 9.17) is 5.26 Å². The van der Waals surface area contributed by atoms with E-state index in [0.29, 0.717) is 0 Å². The Bertz CT molecular complexity index is 313. The van der Waals surface area contributed by atoms with Crippen molar-refractivity contribution in [2.24, 2.45) is 0 Å². The second-order valence-corrected chi connectivity index (χ2v) is 3.85. The molecule has 80 valence electrons. The van der Waals surface area contributed by atoms with Crippen LogP contribution in [0.2, 0.25) is 0 Å². The molecular weight excluding hydrogens is 184 g/mol. The lowest BCUT2D eigenvalue weighted by molar-refractivity contribution is 0.328. The molecule has 0 spiro atoms. The molecular formula is C13H18N2. The van der Waals surface area contributed by atoms with E-state index in [9.17, 15) is 0 Å². The second-order valence-electron chi connectivity index (χ2n) is 3.85. The quantitative estimate of drug-likeness (QED) is 0.734. The summed E-state index contributed by atoms with van der Waals surface area (Å²) in [6.07, 6.45) is 1.13. The Labute approximate surface area is 92.1 Å². The first-order valence-corrected chi connectivity index (χ1v) is 5.41. The zero-order chi connectivity index (χ0) is 11.1. The average Bonchev–Trinajstić information content (AvgIpc) is 2.27. The lowest BCUT2D eigenvalue weighted by atomic mass is 10.0. The summed E-state index contributed by atoms with van der Waals surface area (Å²) in [5, 5.41) is 9.12. The van der Waals surface area contributed by atoms with Gasteiger partial charge in [-0.25, -0.2) is 0 Å². The Morgan fingerprint density at radius 2 is 2.00 bits per heavy atom. The molecule has 1 rings (SSSR count). The molecule has 15 heavy (non-hydrogen) atoms. The first kappa shape index (κ1) is 11.7. The molecule has 1 aromatic carbocycles. The van der Waals surface area contributed by atoms with Gasteiger partial charge >= 0.3 is 0 Å². The van der Waals surface area contributed by atoms with E-state index in [1.165, 1.54) is 0 Å². The highest BCUT2D eigenvalue weighted by Gasteiger charge is 2.11. The van der Waals surface area contributed by atoms with Crippen molar-refractivity contribution in [3.8, 4) is 6.07 Å². The molecule has 2 heteroatoms. The lowest BCUT2D eigenvalue weighted by Gasteiger charge is -2.19. The molecule has 0 fully saturated rings. The molecule has 0 aliphatic heterocycles. The van der Waals surface area contributed by atoms with Gasteiger partial charge in [0.1, 0.15) is 0 Å². The monoisotopic (exact) mass is 202 g/mol. The van der Waals surface area contributed by atoms with E-state index in [1.54, 1.807) is 0 Å². The summed E-state index contributed by atoms with van der Waals surface area (Å²) in [5.41, 5.74) is 1.11. The van der Waals surface area contributed by atoms with E-state index in [0.717, 1.165) is 25.1 Å². The van der Waals surface area contributed by atoms with E-state index >= 15 is 0 Å². The van der Waals surface area contributed by atoms with Crippen LogP contribution in [0, 0.1) is 11.3 Å². The number of nitriles is 1. The fraction of sp³-hybridized carbons (Fsp3) is 0.462. The van der Waals surface area contributed by atoms with E-state index in [1.807, 2.05) is 30.3 Å². The van der Waals surface area contributed by atoms with Gasteiger partial charge in [-0.2, -0.15) is 5.26 Å². The predicted molar refractivity (Wildman–Crippen MR) is 62.6 cm³/mol. The van der Waals surface area contributed by atoms with Crippen LogP contribution in [-0.4, -0.2) is 25.0 Å². The lowest BCUT2D eigenvalue weighted by Crippen LogP contribution is -2.24. The molecule has 0 saturated heterocycles. The molecule has 0 saturated carbocycles. The van der Waals surface area contributed by atoms with Crippen LogP contribution >= 0.6 is 0 Å². The minimum atomic E-state index is -0.0113. The maximum atomic E-state index is 9.12. The third kappa shape index (κ3) is 3.73. The van der Waals surface area contributed by atoms with Crippen molar-refractivity contribution in [1.29, 1.82) is 5.26 Å². The minimum absolute atomic E-state index is 0.0113. The summed E-state index contributed by atoms with van der Waals surface area (Å²) in [4.78, 5) is 2.21. The van der Waals surface area contributed by atoms with E-state index in [2.05, 4.69) is 24.9 Å². The number of hydrogen-bond acceptors (Lipinski definition) is 2. The van der Waals surface area contributed by atoms with Gasteiger partial charge in [0, 0.05) is 6.54 Å². The van der Waals surface area contributed by atoms with E-state index in [-0.39, 0.29) is 5.92 Å². The largest absolute Gasteiger partial charge is 0.305 e. The normalized spacial score (nSPS) is 12.4.